The van der Waals surface area contributed by atoms with Crippen molar-refractivity contribution in [1.82, 2.24) is 20.6 Å². The lowest BCUT2D eigenvalue weighted by Gasteiger charge is -2.08. The number of carbonyl (C=O) groups is 1. The number of nitrogens with one attached hydrogen (secondary N) is 2. The molecule has 0 bridgehead atoms. The Labute approximate surface area is 102 Å². The SMILES string of the molecule is CC(C)CNC(=O)CCNCc1cnccn1. The average Bonchev–Trinajstić information content (AvgIpc) is 2.33. The van der Waals surface area contributed by atoms with Crippen molar-refractivity contribution in [2.75, 3.05) is 13.1 Å². The van der Waals surface area contributed by atoms with Gasteiger partial charge in [0.05, 0.1) is 5.69 Å². The Morgan fingerprint density at radius 2 is 2.24 bits per heavy atom. The van der Waals surface area contributed by atoms with Crippen LogP contribution >= 0.6 is 0 Å². The Bertz CT molecular complexity index is 327. The van der Waals surface area contributed by atoms with Gasteiger partial charge in [0, 0.05) is 44.6 Å². The highest BCUT2D eigenvalue weighted by molar-refractivity contribution is 5.76. The number of hydrogen-bond acceptors (Lipinski definition) is 4. The number of aromatic nitrogens is 2. The second-order valence-corrected chi connectivity index (χ2v) is 4.32. The molecule has 0 saturated heterocycles. The maximum atomic E-state index is 11.4. The monoisotopic (exact) mass is 236 g/mol. The number of hydrogen-bond donors (Lipinski definition) is 2. The molecule has 0 aliphatic heterocycles. The molecule has 0 aliphatic rings. The summed E-state index contributed by atoms with van der Waals surface area (Å²) in [7, 11) is 0. The average molecular weight is 236 g/mol. The van der Waals surface area contributed by atoms with Crippen molar-refractivity contribution in [3.05, 3.63) is 24.3 Å². The number of carbonyl (C=O) groups excluding carboxylic acids is 1. The van der Waals surface area contributed by atoms with Crippen LogP contribution in [-0.2, 0) is 11.3 Å². The summed E-state index contributed by atoms with van der Waals surface area (Å²) in [6, 6.07) is 0. The largest absolute Gasteiger partial charge is 0.356 e. The van der Waals surface area contributed by atoms with E-state index < -0.39 is 0 Å². The zero-order chi connectivity index (χ0) is 12.5. The standard InChI is InChI=1S/C12H20N4O/c1-10(2)7-16-12(17)3-4-13-8-11-9-14-5-6-15-11/h5-6,9-10,13H,3-4,7-8H2,1-2H3,(H,16,17). The molecule has 17 heavy (non-hydrogen) atoms. The van der Waals surface area contributed by atoms with E-state index in [1.165, 1.54) is 0 Å². The molecule has 0 radical (unpaired) electrons. The zero-order valence-corrected chi connectivity index (χ0v) is 10.4. The summed E-state index contributed by atoms with van der Waals surface area (Å²) in [4.78, 5) is 19.5. The van der Waals surface area contributed by atoms with Gasteiger partial charge in [-0.15, -0.1) is 0 Å². The fourth-order valence-corrected chi connectivity index (χ4v) is 1.25. The van der Waals surface area contributed by atoms with Crippen molar-refractivity contribution in [3.63, 3.8) is 0 Å². The van der Waals surface area contributed by atoms with Crippen LogP contribution in [0.1, 0.15) is 26.0 Å². The molecule has 1 aromatic heterocycles. The molecule has 0 saturated carbocycles. The van der Waals surface area contributed by atoms with Gasteiger partial charge in [0.25, 0.3) is 0 Å². The summed E-state index contributed by atoms with van der Waals surface area (Å²) in [5, 5.41) is 6.03. The van der Waals surface area contributed by atoms with Crippen LogP contribution in [0.5, 0.6) is 0 Å². The van der Waals surface area contributed by atoms with Gasteiger partial charge in [-0.25, -0.2) is 0 Å². The van der Waals surface area contributed by atoms with Crippen LogP contribution in [0, 0.1) is 5.92 Å². The van der Waals surface area contributed by atoms with E-state index in [2.05, 4.69) is 34.4 Å². The van der Waals surface area contributed by atoms with Crippen molar-refractivity contribution in [2.24, 2.45) is 5.92 Å². The first-order valence-electron chi connectivity index (χ1n) is 5.91. The Morgan fingerprint density at radius 1 is 1.41 bits per heavy atom. The van der Waals surface area contributed by atoms with Crippen LogP contribution in [0.3, 0.4) is 0 Å². The van der Waals surface area contributed by atoms with Crippen molar-refractivity contribution in [1.29, 1.82) is 0 Å². The van der Waals surface area contributed by atoms with E-state index in [4.69, 9.17) is 0 Å². The van der Waals surface area contributed by atoms with Crippen LogP contribution in [-0.4, -0.2) is 29.0 Å². The minimum atomic E-state index is 0.0883. The molecule has 5 heteroatoms. The molecule has 5 nitrogen and oxygen atoms in total. The third-order valence-corrected chi connectivity index (χ3v) is 2.16. The Hall–Kier alpha value is -1.49. The van der Waals surface area contributed by atoms with E-state index in [-0.39, 0.29) is 5.91 Å². The van der Waals surface area contributed by atoms with Crippen molar-refractivity contribution < 1.29 is 4.79 Å². The molecule has 0 spiro atoms. The van der Waals surface area contributed by atoms with Gasteiger partial charge in [-0.2, -0.15) is 0 Å². The normalized spacial score (nSPS) is 10.5. The van der Waals surface area contributed by atoms with Crippen molar-refractivity contribution in [2.45, 2.75) is 26.8 Å². The molecule has 0 unspecified atom stereocenters. The molecule has 0 atom stereocenters. The first-order chi connectivity index (χ1) is 8.18. The number of rotatable bonds is 7. The fourth-order valence-electron chi connectivity index (χ4n) is 1.25. The summed E-state index contributed by atoms with van der Waals surface area (Å²) in [6.07, 6.45) is 5.51. The van der Waals surface area contributed by atoms with Gasteiger partial charge in [-0.1, -0.05) is 13.8 Å². The first kappa shape index (κ1) is 13.6. The number of nitrogens with zero attached hydrogens (tertiary/aromatic N) is 2. The summed E-state index contributed by atoms with van der Waals surface area (Å²) < 4.78 is 0. The van der Waals surface area contributed by atoms with E-state index >= 15 is 0 Å². The molecular weight excluding hydrogens is 216 g/mol. The molecule has 1 aromatic rings. The quantitative estimate of drug-likeness (QED) is 0.685. The lowest BCUT2D eigenvalue weighted by Crippen LogP contribution is -2.30. The van der Waals surface area contributed by atoms with Gasteiger partial charge in [0.15, 0.2) is 0 Å². The van der Waals surface area contributed by atoms with E-state index in [0.29, 0.717) is 25.4 Å². The topological polar surface area (TPSA) is 66.9 Å². The Morgan fingerprint density at radius 3 is 2.88 bits per heavy atom. The van der Waals surface area contributed by atoms with Crippen LogP contribution in [0.4, 0.5) is 0 Å². The second-order valence-electron chi connectivity index (χ2n) is 4.32. The zero-order valence-electron chi connectivity index (χ0n) is 10.4. The molecule has 1 heterocycles. The van der Waals surface area contributed by atoms with Gasteiger partial charge in [0.2, 0.25) is 5.91 Å². The van der Waals surface area contributed by atoms with Crippen LogP contribution in [0.25, 0.3) is 0 Å². The van der Waals surface area contributed by atoms with E-state index in [1.807, 2.05) is 0 Å². The van der Waals surface area contributed by atoms with Crippen molar-refractivity contribution >= 4 is 5.91 Å². The smallest absolute Gasteiger partial charge is 0.221 e. The number of amides is 1. The second kappa shape index (κ2) is 7.73. The Kier molecular flexibility index (Phi) is 6.17. The van der Waals surface area contributed by atoms with E-state index in [1.54, 1.807) is 18.6 Å². The lowest BCUT2D eigenvalue weighted by molar-refractivity contribution is -0.121. The Balaban J connectivity index is 2.06. The van der Waals surface area contributed by atoms with Crippen LogP contribution < -0.4 is 10.6 Å². The summed E-state index contributed by atoms with van der Waals surface area (Å²) >= 11 is 0. The molecule has 1 rings (SSSR count). The predicted molar refractivity (Wildman–Crippen MR) is 66.2 cm³/mol. The van der Waals surface area contributed by atoms with Crippen LogP contribution in [0.2, 0.25) is 0 Å². The molecule has 0 aromatic carbocycles. The molecule has 94 valence electrons. The van der Waals surface area contributed by atoms with E-state index in [9.17, 15) is 4.79 Å². The van der Waals surface area contributed by atoms with Gasteiger partial charge in [-0.05, 0) is 5.92 Å². The maximum absolute atomic E-state index is 11.4. The van der Waals surface area contributed by atoms with Gasteiger partial charge < -0.3 is 10.6 Å². The minimum Gasteiger partial charge on any atom is -0.356 e. The summed E-state index contributed by atoms with van der Waals surface area (Å²) in [5.74, 6) is 0.580. The minimum absolute atomic E-state index is 0.0883. The third kappa shape index (κ3) is 6.63. The molecular formula is C12H20N4O. The summed E-state index contributed by atoms with van der Waals surface area (Å²) in [5.41, 5.74) is 0.884. The van der Waals surface area contributed by atoms with Crippen LogP contribution in [0.15, 0.2) is 18.6 Å². The highest BCUT2D eigenvalue weighted by Crippen LogP contribution is 1.90. The highest BCUT2D eigenvalue weighted by atomic mass is 16.1. The maximum Gasteiger partial charge on any atom is 0.221 e. The van der Waals surface area contributed by atoms with Gasteiger partial charge in [-0.3, -0.25) is 14.8 Å². The summed E-state index contributed by atoms with van der Waals surface area (Å²) in [6.45, 7) is 6.19. The lowest BCUT2D eigenvalue weighted by atomic mass is 10.2. The first-order valence-corrected chi connectivity index (χ1v) is 5.91. The van der Waals surface area contributed by atoms with Gasteiger partial charge in [0.1, 0.15) is 0 Å². The third-order valence-electron chi connectivity index (χ3n) is 2.16. The van der Waals surface area contributed by atoms with E-state index in [0.717, 1.165) is 12.2 Å². The molecule has 1 amide bonds. The van der Waals surface area contributed by atoms with Crippen molar-refractivity contribution in [3.8, 4) is 0 Å². The fraction of sp³-hybridized carbons (Fsp3) is 0.583. The predicted octanol–water partition coefficient (Wildman–Crippen LogP) is 0.728. The molecule has 0 fully saturated rings. The highest BCUT2D eigenvalue weighted by Gasteiger charge is 2.01. The molecule has 2 N–H and O–H groups in total. The van der Waals surface area contributed by atoms with Gasteiger partial charge >= 0.3 is 0 Å². The molecule has 0 aliphatic carbocycles.